The van der Waals surface area contributed by atoms with Crippen molar-refractivity contribution in [2.24, 2.45) is 0 Å². The molecule has 0 aliphatic carbocycles. The Morgan fingerprint density at radius 3 is 2.52 bits per heavy atom. The normalized spacial score (nSPS) is 10.6. The zero-order valence-corrected chi connectivity index (χ0v) is 14.7. The van der Waals surface area contributed by atoms with Crippen LogP contribution in [0.3, 0.4) is 0 Å². The molecule has 0 saturated heterocycles. The molecule has 0 atom stereocenters. The molecule has 0 saturated carbocycles. The van der Waals surface area contributed by atoms with Crippen molar-refractivity contribution in [3.63, 3.8) is 0 Å². The first-order valence-electron chi connectivity index (χ1n) is 7.84. The van der Waals surface area contributed by atoms with Crippen LogP contribution in [0.4, 0.5) is 23.1 Å². The number of aromatic nitrogens is 3. The smallest absolute Gasteiger partial charge is 0.249 e. The standard InChI is InChI=1S/C18H18ClN5O/c1-12(2)25-16-8-6-14(7-9-16)22-18-23-17(11-20-24-18)21-15-5-3-4-13(19)10-15/h3-12H,1-2H3,(H2,21,22,23,24). The predicted molar refractivity (Wildman–Crippen MR) is 100 cm³/mol. The van der Waals surface area contributed by atoms with Crippen molar-refractivity contribution >= 4 is 34.7 Å². The van der Waals surface area contributed by atoms with Crippen molar-refractivity contribution in [2.75, 3.05) is 10.6 Å². The molecule has 2 aromatic carbocycles. The third kappa shape index (κ3) is 5.06. The molecule has 1 heterocycles. The van der Waals surface area contributed by atoms with Gasteiger partial charge in [-0.05, 0) is 56.3 Å². The Bertz CT molecular complexity index is 839. The number of hydrogen-bond acceptors (Lipinski definition) is 6. The van der Waals surface area contributed by atoms with E-state index in [9.17, 15) is 0 Å². The largest absolute Gasteiger partial charge is 0.491 e. The highest BCUT2D eigenvalue weighted by atomic mass is 35.5. The molecule has 0 unspecified atom stereocenters. The van der Waals surface area contributed by atoms with Crippen molar-refractivity contribution in [1.29, 1.82) is 0 Å². The zero-order valence-electron chi connectivity index (χ0n) is 13.9. The number of nitrogens with zero attached hydrogens (tertiary/aromatic N) is 3. The molecule has 2 N–H and O–H groups in total. The second-order valence-corrected chi connectivity index (χ2v) is 6.05. The lowest BCUT2D eigenvalue weighted by molar-refractivity contribution is 0.242. The van der Waals surface area contributed by atoms with E-state index in [-0.39, 0.29) is 6.10 Å². The third-order valence-corrected chi connectivity index (χ3v) is 3.37. The molecule has 0 amide bonds. The van der Waals surface area contributed by atoms with E-state index in [0.717, 1.165) is 17.1 Å². The molecule has 0 aliphatic heterocycles. The molecular weight excluding hydrogens is 338 g/mol. The van der Waals surface area contributed by atoms with Crippen molar-refractivity contribution in [1.82, 2.24) is 15.2 Å². The highest BCUT2D eigenvalue weighted by Gasteiger charge is 2.04. The quantitative estimate of drug-likeness (QED) is 0.661. The molecule has 3 aromatic rings. The fourth-order valence-corrected chi connectivity index (χ4v) is 2.34. The van der Waals surface area contributed by atoms with E-state index in [2.05, 4.69) is 25.8 Å². The maximum atomic E-state index is 5.98. The van der Waals surface area contributed by atoms with Gasteiger partial charge in [0.25, 0.3) is 0 Å². The van der Waals surface area contributed by atoms with Gasteiger partial charge in [-0.25, -0.2) is 0 Å². The first kappa shape index (κ1) is 17.0. The van der Waals surface area contributed by atoms with Gasteiger partial charge < -0.3 is 15.4 Å². The molecule has 0 radical (unpaired) electrons. The van der Waals surface area contributed by atoms with Gasteiger partial charge in [-0.3, -0.25) is 0 Å². The number of hydrogen-bond donors (Lipinski definition) is 2. The second-order valence-electron chi connectivity index (χ2n) is 5.62. The number of benzene rings is 2. The van der Waals surface area contributed by atoms with E-state index in [4.69, 9.17) is 16.3 Å². The molecular formula is C18H18ClN5O. The van der Waals surface area contributed by atoms with Gasteiger partial charge in [-0.1, -0.05) is 17.7 Å². The number of ether oxygens (including phenoxy) is 1. The maximum Gasteiger partial charge on any atom is 0.249 e. The summed E-state index contributed by atoms with van der Waals surface area (Å²) in [6.45, 7) is 3.98. The molecule has 0 fully saturated rings. The van der Waals surface area contributed by atoms with Crippen LogP contribution in [0, 0.1) is 0 Å². The average Bonchev–Trinajstić information content (AvgIpc) is 2.57. The highest BCUT2D eigenvalue weighted by Crippen LogP contribution is 2.21. The van der Waals surface area contributed by atoms with E-state index in [1.54, 1.807) is 6.20 Å². The number of rotatable bonds is 6. The van der Waals surface area contributed by atoms with Crippen LogP contribution in [0.15, 0.2) is 54.7 Å². The summed E-state index contributed by atoms with van der Waals surface area (Å²) < 4.78 is 5.62. The molecule has 128 valence electrons. The Kier molecular flexibility index (Phi) is 5.30. The van der Waals surface area contributed by atoms with Crippen LogP contribution in [0.5, 0.6) is 5.75 Å². The number of halogens is 1. The fourth-order valence-electron chi connectivity index (χ4n) is 2.15. The van der Waals surface area contributed by atoms with E-state index in [0.29, 0.717) is 16.8 Å². The Morgan fingerprint density at radius 2 is 1.80 bits per heavy atom. The molecule has 0 bridgehead atoms. The Morgan fingerprint density at radius 1 is 1.00 bits per heavy atom. The lowest BCUT2D eigenvalue weighted by Crippen LogP contribution is -2.05. The fraction of sp³-hybridized carbons (Fsp3) is 0.167. The van der Waals surface area contributed by atoms with Crippen LogP contribution < -0.4 is 15.4 Å². The van der Waals surface area contributed by atoms with Crippen LogP contribution in [0.25, 0.3) is 0 Å². The van der Waals surface area contributed by atoms with Crippen LogP contribution in [-0.2, 0) is 0 Å². The SMILES string of the molecule is CC(C)Oc1ccc(Nc2nncc(Nc3cccc(Cl)c3)n2)cc1. The average molecular weight is 356 g/mol. The minimum Gasteiger partial charge on any atom is -0.491 e. The van der Waals surface area contributed by atoms with E-state index >= 15 is 0 Å². The monoisotopic (exact) mass is 355 g/mol. The van der Waals surface area contributed by atoms with Gasteiger partial charge in [0.15, 0.2) is 5.82 Å². The summed E-state index contributed by atoms with van der Waals surface area (Å²) in [5, 5.41) is 14.9. The Balaban J connectivity index is 1.69. The predicted octanol–water partition coefficient (Wildman–Crippen LogP) is 4.80. The molecule has 7 heteroatoms. The summed E-state index contributed by atoms with van der Waals surface area (Å²) in [5.41, 5.74) is 1.67. The molecule has 0 spiro atoms. The first-order valence-corrected chi connectivity index (χ1v) is 8.22. The minimum atomic E-state index is 0.139. The summed E-state index contributed by atoms with van der Waals surface area (Å²) in [5.74, 6) is 1.78. The van der Waals surface area contributed by atoms with Crippen LogP contribution in [-0.4, -0.2) is 21.3 Å². The molecule has 25 heavy (non-hydrogen) atoms. The molecule has 0 aliphatic rings. The van der Waals surface area contributed by atoms with Crippen LogP contribution >= 0.6 is 11.6 Å². The van der Waals surface area contributed by atoms with Gasteiger partial charge in [0.05, 0.1) is 12.3 Å². The lowest BCUT2D eigenvalue weighted by atomic mass is 10.3. The maximum absolute atomic E-state index is 5.98. The van der Waals surface area contributed by atoms with Gasteiger partial charge in [0.1, 0.15) is 5.75 Å². The van der Waals surface area contributed by atoms with Crippen molar-refractivity contribution in [2.45, 2.75) is 20.0 Å². The molecule has 6 nitrogen and oxygen atoms in total. The number of anilines is 4. The lowest BCUT2D eigenvalue weighted by Gasteiger charge is -2.11. The Hall–Kier alpha value is -2.86. The van der Waals surface area contributed by atoms with E-state index in [1.165, 1.54) is 0 Å². The summed E-state index contributed by atoms with van der Waals surface area (Å²) in [6, 6.07) is 15.0. The van der Waals surface area contributed by atoms with Gasteiger partial charge in [0, 0.05) is 16.4 Å². The number of nitrogens with one attached hydrogen (secondary N) is 2. The molecule has 3 rings (SSSR count). The van der Waals surface area contributed by atoms with Crippen LogP contribution in [0.1, 0.15) is 13.8 Å². The zero-order chi connectivity index (χ0) is 17.6. The summed E-state index contributed by atoms with van der Waals surface area (Å²) in [4.78, 5) is 4.39. The third-order valence-electron chi connectivity index (χ3n) is 3.14. The highest BCUT2D eigenvalue weighted by molar-refractivity contribution is 6.30. The van der Waals surface area contributed by atoms with E-state index in [1.807, 2.05) is 62.4 Å². The van der Waals surface area contributed by atoms with Gasteiger partial charge in [0.2, 0.25) is 5.95 Å². The molecule has 1 aromatic heterocycles. The van der Waals surface area contributed by atoms with Crippen LogP contribution in [0.2, 0.25) is 5.02 Å². The summed E-state index contributed by atoms with van der Waals surface area (Å²) >= 11 is 5.98. The minimum absolute atomic E-state index is 0.139. The summed E-state index contributed by atoms with van der Waals surface area (Å²) in [6.07, 6.45) is 1.69. The van der Waals surface area contributed by atoms with Gasteiger partial charge >= 0.3 is 0 Å². The van der Waals surface area contributed by atoms with Crippen molar-refractivity contribution in [3.8, 4) is 5.75 Å². The second kappa shape index (κ2) is 7.81. The first-order chi connectivity index (χ1) is 12.1. The summed E-state index contributed by atoms with van der Waals surface area (Å²) in [7, 11) is 0. The van der Waals surface area contributed by atoms with Gasteiger partial charge in [-0.15, -0.1) is 5.10 Å². The van der Waals surface area contributed by atoms with Crippen molar-refractivity contribution < 1.29 is 4.74 Å². The topological polar surface area (TPSA) is 72.0 Å². The Labute approximate surface area is 151 Å². The van der Waals surface area contributed by atoms with E-state index < -0.39 is 0 Å². The van der Waals surface area contributed by atoms with Gasteiger partial charge in [-0.2, -0.15) is 10.1 Å². The van der Waals surface area contributed by atoms with Crippen molar-refractivity contribution in [3.05, 3.63) is 59.8 Å².